The first-order valence-electron chi connectivity index (χ1n) is 5.19. The van der Waals surface area contributed by atoms with Crippen molar-refractivity contribution in [3.05, 3.63) is 29.6 Å². The number of benzene rings is 1. The van der Waals surface area contributed by atoms with E-state index in [1.807, 2.05) is 19.2 Å². The minimum absolute atomic E-state index is 0.278. The van der Waals surface area contributed by atoms with Crippen LogP contribution < -0.4 is 4.74 Å². The molecule has 0 aromatic heterocycles. The lowest BCUT2D eigenvalue weighted by molar-refractivity contribution is 0.321. The van der Waals surface area contributed by atoms with Gasteiger partial charge in [0.1, 0.15) is 0 Å². The number of rotatable bonds is 5. The lowest BCUT2D eigenvalue weighted by Crippen LogP contribution is -2.14. The third-order valence-corrected chi connectivity index (χ3v) is 2.20. The van der Waals surface area contributed by atoms with Crippen molar-refractivity contribution in [3.63, 3.8) is 0 Å². The minimum atomic E-state index is -0.348. The summed E-state index contributed by atoms with van der Waals surface area (Å²) in [5.74, 6) is -0.0705. The predicted octanol–water partition coefficient (Wildman–Crippen LogP) is 2.18. The third kappa shape index (κ3) is 3.43. The summed E-state index contributed by atoms with van der Waals surface area (Å²) in [7, 11) is 1.70. The molecule has 16 heavy (non-hydrogen) atoms. The van der Waals surface area contributed by atoms with Gasteiger partial charge in [0.15, 0.2) is 17.8 Å². The zero-order valence-corrected chi connectivity index (χ0v) is 9.53. The Morgan fingerprint density at radius 2 is 2.25 bits per heavy atom. The Morgan fingerprint density at radius 3 is 2.81 bits per heavy atom. The summed E-state index contributed by atoms with van der Waals surface area (Å²) in [6, 6.07) is 4.90. The number of ether oxygens (including phenoxy) is 1. The molecule has 0 aliphatic rings. The van der Waals surface area contributed by atoms with Crippen molar-refractivity contribution in [2.75, 3.05) is 20.2 Å². The largest absolute Gasteiger partial charge is 0.491 e. The Kier molecular flexibility index (Phi) is 4.59. The van der Waals surface area contributed by atoms with Crippen molar-refractivity contribution in [1.29, 1.82) is 5.26 Å². The molecule has 0 atom stereocenters. The second kappa shape index (κ2) is 5.96. The molecule has 0 aliphatic heterocycles. The molecular weight excluding hydrogens is 207 g/mol. The monoisotopic (exact) mass is 222 g/mol. The number of nitriles is 1. The normalized spacial score (nSPS) is 9.62. The van der Waals surface area contributed by atoms with Crippen LogP contribution in [-0.2, 0) is 6.42 Å². The van der Waals surface area contributed by atoms with Crippen molar-refractivity contribution in [2.24, 2.45) is 0 Å². The molecule has 1 aromatic rings. The van der Waals surface area contributed by atoms with E-state index in [-0.39, 0.29) is 11.6 Å². The molecule has 0 saturated carbocycles. The summed E-state index contributed by atoms with van der Waals surface area (Å²) < 4.78 is 18.5. The van der Waals surface area contributed by atoms with Crippen molar-refractivity contribution >= 4 is 0 Å². The lowest BCUT2D eigenvalue weighted by atomic mass is 10.1. The average molecular weight is 222 g/mol. The first-order chi connectivity index (χ1) is 7.67. The summed E-state index contributed by atoms with van der Waals surface area (Å²) in [5.41, 5.74) is 0.864. The molecule has 0 unspecified atom stereocenters. The van der Waals surface area contributed by atoms with Crippen molar-refractivity contribution in [1.82, 2.24) is 4.90 Å². The fourth-order valence-electron chi connectivity index (χ4n) is 1.32. The van der Waals surface area contributed by atoms with Crippen LogP contribution in [0.15, 0.2) is 18.2 Å². The maximum atomic E-state index is 13.4. The minimum Gasteiger partial charge on any atom is -0.491 e. The molecule has 1 rings (SSSR count). The highest BCUT2D eigenvalue weighted by atomic mass is 19.1. The van der Waals surface area contributed by atoms with Gasteiger partial charge in [-0.3, -0.25) is 0 Å². The quantitative estimate of drug-likeness (QED) is 0.566. The molecule has 0 amide bonds. The Bertz CT molecular complexity index is 387. The summed E-state index contributed by atoms with van der Waals surface area (Å²) >= 11 is 0. The Labute approximate surface area is 95.1 Å². The molecule has 0 bridgehead atoms. The standard InChI is InChI=1S/C12H15FN2O/c1-3-16-12-5-4-10(8-11(12)13)6-7-15(2)9-14/h4-5,8H,3,6-7H2,1-2H3. The van der Waals surface area contributed by atoms with E-state index in [1.165, 1.54) is 11.0 Å². The van der Waals surface area contributed by atoms with E-state index in [4.69, 9.17) is 10.00 Å². The second-order valence-electron chi connectivity index (χ2n) is 3.47. The van der Waals surface area contributed by atoms with Crippen LogP contribution in [-0.4, -0.2) is 25.1 Å². The molecule has 0 aliphatic carbocycles. The number of likely N-dealkylation sites (N-methyl/N-ethyl adjacent to an activating group) is 1. The maximum Gasteiger partial charge on any atom is 0.179 e. The van der Waals surface area contributed by atoms with Crippen LogP contribution in [0.5, 0.6) is 5.75 Å². The van der Waals surface area contributed by atoms with E-state index in [9.17, 15) is 4.39 Å². The van der Waals surface area contributed by atoms with Gasteiger partial charge >= 0.3 is 0 Å². The molecule has 0 radical (unpaired) electrons. The van der Waals surface area contributed by atoms with Gasteiger partial charge in [-0.1, -0.05) is 6.07 Å². The molecular formula is C12H15FN2O. The van der Waals surface area contributed by atoms with Crippen molar-refractivity contribution in [3.8, 4) is 11.9 Å². The SMILES string of the molecule is CCOc1ccc(CCN(C)C#N)cc1F. The van der Waals surface area contributed by atoms with Gasteiger partial charge in [0.05, 0.1) is 6.61 Å². The smallest absolute Gasteiger partial charge is 0.179 e. The van der Waals surface area contributed by atoms with E-state index in [1.54, 1.807) is 13.1 Å². The van der Waals surface area contributed by atoms with E-state index in [0.717, 1.165) is 5.56 Å². The van der Waals surface area contributed by atoms with Crippen LogP contribution in [0.3, 0.4) is 0 Å². The first-order valence-corrected chi connectivity index (χ1v) is 5.19. The highest BCUT2D eigenvalue weighted by Crippen LogP contribution is 2.18. The van der Waals surface area contributed by atoms with Crippen LogP contribution in [0.4, 0.5) is 4.39 Å². The van der Waals surface area contributed by atoms with E-state index < -0.39 is 0 Å². The Balaban J connectivity index is 2.63. The number of hydrogen-bond donors (Lipinski definition) is 0. The van der Waals surface area contributed by atoms with Crippen LogP contribution in [0.1, 0.15) is 12.5 Å². The summed E-state index contributed by atoms with van der Waals surface area (Å²) in [6.45, 7) is 2.85. The van der Waals surface area contributed by atoms with Gasteiger partial charge in [0, 0.05) is 13.6 Å². The van der Waals surface area contributed by atoms with Gasteiger partial charge in [-0.2, -0.15) is 5.26 Å². The van der Waals surface area contributed by atoms with Gasteiger partial charge in [-0.15, -0.1) is 0 Å². The Morgan fingerprint density at radius 1 is 1.50 bits per heavy atom. The summed E-state index contributed by atoms with van der Waals surface area (Å²) in [6.07, 6.45) is 2.64. The van der Waals surface area contributed by atoms with Crippen molar-refractivity contribution in [2.45, 2.75) is 13.3 Å². The molecule has 4 heteroatoms. The molecule has 1 aromatic carbocycles. The second-order valence-corrected chi connectivity index (χ2v) is 3.47. The zero-order valence-electron chi connectivity index (χ0n) is 9.53. The van der Waals surface area contributed by atoms with Crippen LogP contribution in [0.25, 0.3) is 0 Å². The lowest BCUT2D eigenvalue weighted by Gasteiger charge is -2.09. The highest BCUT2D eigenvalue weighted by molar-refractivity contribution is 5.29. The number of hydrogen-bond acceptors (Lipinski definition) is 3. The first kappa shape index (κ1) is 12.3. The van der Waals surface area contributed by atoms with E-state index >= 15 is 0 Å². The van der Waals surface area contributed by atoms with Gasteiger partial charge in [0.25, 0.3) is 0 Å². The molecule has 0 N–H and O–H groups in total. The molecule has 86 valence electrons. The van der Waals surface area contributed by atoms with Gasteiger partial charge in [-0.05, 0) is 31.0 Å². The molecule has 0 spiro atoms. The number of nitrogens with zero attached hydrogens (tertiary/aromatic N) is 2. The summed E-state index contributed by atoms with van der Waals surface area (Å²) in [5, 5.41) is 8.56. The predicted molar refractivity (Wildman–Crippen MR) is 59.5 cm³/mol. The number of halogens is 1. The molecule has 3 nitrogen and oxygen atoms in total. The topological polar surface area (TPSA) is 36.3 Å². The van der Waals surface area contributed by atoms with Crippen LogP contribution in [0, 0.1) is 17.3 Å². The highest BCUT2D eigenvalue weighted by Gasteiger charge is 2.04. The Hall–Kier alpha value is -1.76. The van der Waals surface area contributed by atoms with Gasteiger partial charge < -0.3 is 9.64 Å². The average Bonchev–Trinajstić information content (AvgIpc) is 2.29. The van der Waals surface area contributed by atoms with Crippen LogP contribution >= 0.6 is 0 Å². The summed E-state index contributed by atoms with van der Waals surface area (Å²) in [4.78, 5) is 1.51. The van der Waals surface area contributed by atoms with E-state index in [2.05, 4.69) is 0 Å². The molecule has 0 fully saturated rings. The van der Waals surface area contributed by atoms with Gasteiger partial charge in [0.2, 0.25) is 0 Å². The fraction of sp³-hybridized carbons (Fsp3) is 0.417. The molecule has 0 saturated heterocycles. The third-order valence-electron chi connectivity index (χ3n) is 2.20. The molecule has 0 heterocycles. The fourth-order valence-corrected chi connectivity index (χ4v) is 1.32. The van der Waals surface area contributed by atoms with Gasteiger partial charge in [-0.25, -0.2) is 4.39 Å². The van der Waals surface area contributed by atoms with Crippen LogP contribution in [0.2, 0.25) is 0 Å². The van der Waals surface area contributed by atoms with Crippen molar-refractivity contribution < 1.29 is 9.13 Å². The zero-order chi connectivity index (χ0) is 12.0. The van der Waals surface area contributed by atoms with E-state index in [0.29, 0.717) is 19.6 Å². The maximum absolute atomic E-state index is 13.4.